The van der Waals surface area contributed by atoms with Gasteiger partial charge in [-0.15, -0.1) is 0 Å². The van der Waals surface area contributed by atoms with Gasteiger partial charge in [-0.3, -0.25) is 0 Å². The smallest absolute Gasteiger partial charge is 0.195 e. The lowest BCUT2D eigenvalue weighted by molar-refractivity contribution is 0.437. The lowest BCUT2D eigenvalue weighted by Gasteiger charge is -2.21. The molecule has 0 atom stereocenters. The fraction of sp³-hybridized carbons (Fsp3) is 0.368. The number of nitrogens with zero attached hydrogens (tertiary/aromatic N) is 2. The van der Waals surface area contributed by atoms with Gasteiger partial charge in [0.15, 0.2) is 0 Å². The summed E-state index contributed by atoms with van der Waals surface area (Å²) in [6, 6.07) is 11.6. The summed E-state index contributed by atoms with van der Waals surface area (Å²) in [4.78, 5) is 0. The average Bonchev–Trinajstić information content (AvgIpc) is 2.80. The first-order valence-electron chi connectivity index (χ1n) is 8.34. The van der Waals surface area contributed by atoms with E-state index < -0.39 is 10.2 Å². The van der Waals surface area contributed by atoms with E-state index in [1.165, 1.54) is 9.87 Å². The molecule has 0 radical (unpaired) electrons. The molecular weight excluding hydrogens is 356 g/mol. The second-order valence-corrected chi connectivity index (χ2v) is 8.98. The van der Waals surface area contributed by atoms with E-state index in [1.807, 2.05) is 32.0 Å². The van der Waals surface area contributed by atoms with Crippen molar-refractivity contribution in [2.75, 3.05) is 13.1 Å². The van der Waals surface area contributed by atoms with Crippen molar-refractivity contribution in [3.63, 3.8) is 0 Å². The summed E-state index contributed by atoms with van der Waals surface area (Å²) in [5.74, 6) is 0. The lowest BCUT2D eigenvalue weighted by Crippen LogP contribution is -2.32. The van der Waals surface area contributed by atoms with E-state index in [2.05, 4.69) is 19.1 Å². The Labute approximate surface area is 155 Å². The van der Waals surface area contributed by atoms with Crippen LogP contribution in [0, 0.1) is 20.8 Å². The van der Waals surface area contributed by atoms with Crippen LogP contribution in [0.3, 0.4) is 0 Å². The average molecular weight is 379 g/mol. The van der Waals surface area contributed by atoms with E-state index in [4.69, 9.17) is 11.6 Å². The molecular formula is C19H23ClN2O2S. The highest BCUT2D eigenvalue weighted by atomic mass is 35.5. The number of rotatable bonds is 4. The van der Waals surface area contributed by atoms with Crippen LogP contribution in [-0.4, -0.2) is 30.1 Å². The van der Waals surface area contributed by atoms with Crippen LogP contribution >= 0.6 is 11.6 Å². The van der Waals surface area contributed by atoms with E-state index in [-0.39, 0.29) is 0 Å². The normalized spacial score (nSPS) is 17.9. The monoisotopic (exact) mass is 378 g/mol. The third-order valence-electron chi connectivity index (χ3n) is 4.73. The molecule has 0 unspecified atom stereocenters. The summed E-state index contributed by atoms with van der Waals surface area (Å²) >= 11 is 6.18. The second kappa shape index (κ2) is 7.08. The molecule has 2 aromatic carbocycles. The van der Waals surface area contributed by atoms with Gasteiger partial charge in [0.05, 0.1) is 0 Å². The summed E-state index contributed by atoms with van der Waals surface area (Å²) < 4.78 is 28.9. The minimum atomic E-state index is -3.48. The zero-order chi connectivity index (χ0) is 18.2. The quantitative estimate of drug-likeness (QED) is 0.811. The first-order valence-corrected chi connectivity index (χ1v) is 10.1. The maximum absolute atomic E-state index is 12.9. The highest BCUT2D eigenvalue weighted by Gasteiger charge is 2.37. The predicted octanol–water partition coefficient (Wildman–Crippen LogP) is 3.83. The van der Waals surface area contributed by atoms with Gasteiger partial charge in [0.25, 0.3) is 10.2 Å². The fourth-order valence-electron chi connectivity index (χ4n) is 3.39. The Morgan fingerprint density at radius 3 is 2.12 bits per heavy atom. The fourth-order valence-corrected chi connectivity index (χ4v) is 5.13. The molecule has 0 amide bonds. The standard InChI is InChI=1S/C19H23ClN2O2S/c1-14-10-15(2)18(16(3)11-14)13-22-9-8-21(25(22,23)24)12-17-6-4-5-7-19(17)20/h4-7,10-11H,8-9,12-13H2,1-3H3. The predicted molar refractivity (Wildman–Crippen MR) is 102 cm³/mol. The van der Waals surface area contributed by atoms with Crippen LogP contribution in [0.15, 0.2) is 36.4 Å². The molecule has 0 aromatic heterocycles. The summed E-state index contributed by atoms with van der Waals surface area (Å²) in [5, 5.41) is 0.598. The third kappa shape index (κ3) is 3.75. The number of aryl methyl sites for hydroxylation is 3. The van der Waals surface area contributed by atoms with Crippen molar-refractivity contribution < 1.29 is 8.42 Å². The van der Waals surface area contributed by atoms with E-state index in [0.29, 0.717) is 31.2 Å². The molecule has 4 nitrogen and oxygen atoms in total. The molecule has 1 heterocycles. The van der Waals surface area contributed by atoms with Crippen molar-refractivity contribution >= 4 is 21.8 Å². The molecule has 2 aromatic rings. The Morgan fingerprint density at radius 1 is 0.960 bits per heavy atom. The van der Waals surface area contributed by atoms with E-state index >= 15 is 0 Å². The lowest BCUT2D eigenvalue weighted by atomic mass is 10.00. The molecule has 3 rings (SSSR count). The van der Waals surface area contributed by atoms with Gasteiger partial charge >= 0.3 is 0 Å². The molecule has 1 aliphatic heterocycles. The Balaban J connectivity index is 1.81. The first-order chi connectivity index (χ1) is 11.8. The Morgan fingerprint density at radius 2 is 1.52 bits per heavy atom. The minimum absolute atomic E-state index is 0.310. The summed E-state index contributed by atoms with van der Waals surface area (Å²) in [7, 11) is -3.48. The van der Waals surface area contributed by atoms with E-state index in [0.717, 1.165) is 22.3 Å². The Bertz CT molecular complexity index is 873. The van der Waals surface area contributed by atoms with Gasteiger partial charge in [0, 0.05) is 31.2 Å². The molecule has 0 saturated carbocycles. The zero-order valence-electron chi connectivity index (χ0n) is 14.8. The van der Waals surface area contributed by atoms with Crippen LogP contribution in [0.2, 0.25) is 5.02 Å². The van der Waals surface area contributed by atoms with Gasteiger partial charge in [-0.05, 0) is 49.1 Å². The van der Waals surface area contributed by atoms with Crippen molar-refractivity contribution in [1.29, 1.82) is 0 Å². The Hall–Kier alpha value is -1.40. The Kier molecular flexibility index (Phi) is 5.21. The number of benzene rings is 2. The highest BCUT2D eigenvalue weighted by Crippen LogP contribution is 2.26. The maximum Gasteiger partial charge on any atom is 0.282 e. The van der Waals surface area contributed by atoms with Crippen molar-refractivity contribution in [2.45, 2.75) is 33.9 Å². The van der Waals surface area contributed by atoms with E-state index in [1.54, 1.807) is 10.4 Å². The van der Waals surface area contributed by atoms with Crippen molar-refractivity contribution in [3.05, 3.63) is 69.2 Å². The minimum Gasteiger partial charge on any atom is -0.195 e. The molecule has 0 bridgehead atoms. The molecule has 6 heteroatoms. The third-order valence-corrected chi connectivity index (χ3v) is 7.03. The number of hydrogen-bond donors (Lipinski definition) is 0. The molecule has 134 valence electrons. The van der Waals surface area contributed by atoms with Crippen molar-refractivity contribution in [2.24, 2.45) is 0 Å². The highest BCUT2D eigenvalue weighted by molar-refractivity contribution is 7.86. The van der Waals surface area contributed by atoms with E-state index in [9.17, 15) is 8.42 Å². The van der Waals surface area contributed by atoms with Crippen LogP contribution in [0.5, 0.6) is 0 Å². The topological polar surface area (TPSA) is 40.6 Å². The van der Waals surface area contributed by atoms with Crippen LogP contribution in [0.4, 0.5) is 0 Å². The van der Waals surface area contributed by atoms with Gasteiger partial charge in [-0.25, -0.2) is 0 Å². The van der Waals surface area contributed by atoms with Gasteiger partial charge in [-0.2, -0.15) is 17.0 Å². The molecule has 0 N–H and O–H groups in total. The zero-order valence-corrected chi connectivity index (χ0v) is 16.4. The molecule has 1 aliphatic rings. The van der Waals surface area contributed by atoms with Gasteiger partial charge in [0.1, 0.15) is 0 Å². The molecule has 25 heavy (non-hydrogen) atoms. The largest absolute Gasteiger partial charge is 0.282 e. The summed E-state index contributed by atoms with van der Waals surface area (Å²) in [5.41, 5.74) is 5.39. The molecule has 0 aliphatic carbocycles. The van der Waals surface area contributed by atoms with Crippen molar-refractivity contribution in [3.8, 4) is 0 Å². The van der Waals surface area contributed by atoms with Crippen molar-refractivity contribution in [1.82, 2.24) is 8.61 Å². The number of halogens is 1. The number of hydrogen-bond acceptors (Lipinski definition) is 2. The van der Waals surface area contributed by atoms with Crippen LogP contribution in [0.1, 0.15) is 27.8 Å². The first kappa shape index (κ1) is 18.4. The maximum atomic E-state index is 12.9. The summed E-state index contributed by atoms with van der Waals surface area (Å²) in [6.07, 6.45) is 0. The van der Waals surface area contributed by atoms with Crippen LogP contribution in [0.25, 0.3) is 0 Å². The van der Waals surface area contributed by atoms with Gasteiger partial charge < -0.3 is 0 Å². The van der Waals surface area contributed by atoms with Gasteiger partial charge in [-0.1, -0.05) is 47.5 Å². The summed E-state index contributed by atoms with van der Waals surface area (Å²) in [6.45, 7) is 7.85. The molecule has 0 spiro atoms. The van der Waals surface area contributed by atoms with Crippen LogP contribution < -0.4 is 0 Å². The molecule has 1 fully saturated rings. The van der Waals surface area contributed by atoms with Crippen LogP contribution in [-0.2, 0) is 23.3 Å². The van der Waals surface area contributed by atoms with Gasteiger partial charge in [0.2, 0.25) is 0 Å². The second-order valence-electron chi connectivity index (χ2n) is 6.64. The molecule has 1 saturated heterocycles. The SMILES string of the molecule is Cc1cc(C)c(CN2CCN(Cc3ccccc3Cl)S2(=O)=O)c(C)c1.